The van der Waals surface area contributed by atoms with Crippen molar-refractivity contribution < 1.29 is 15.0 Å². The molecule has 0 aliphatic heterocycles. The van der Waals surface area contributed by atoms with E-state index in [4.69, 9.17) is 0 Å². The van der Waals surface area contributed by atoms with Crippen molar-refractivity contribution in [2.45, 2.75) is 379 Å². The number of nitrogens with one attached hydrogen (secondary N) is 1. The SMILES string of the molecule is CCCCCCCCCCCCCC/C=C/C(O)C(CO)NC(=O)CCCCCCCCCCCCCCCCCCCCCCCCCCCCCCCCCCCCCCCCCCC. The summed E-state index contributed by atoms with van der Waals surface area (Å²) in [5.41, 5.74) is 0. The molecule has 0 rings (SSSR count). The Labute approximate surface area is 422 Å². The minimum absolute atomic E-state index is 0.0563. The Morgan fingerprint density at radius 1 is 0.343 bits per heavy atom. The van der Waals surface area contributed by atoms with E-state index in [-0.39, 0.29) is 12.5 Å². The van der Waals surface area contributed by atoms with Crippen molar-refractivity contribution in [3.05, 3.63) is 12.2 Å². The number of carbonyl (C=O) groups excluding carboxylic acids is 1. The molecule has 0 saturated carbocycles. The van der Waals surface area contributed by atoms with E-state index in [9.17, 15) is 15.0 Å². The van der Waals surface area contributed by atoms with Crippen LogP contribution in [0.5, 0.6) is 0 Å². The highest BCUT2D eigenvalue weighted by Crippen LogP contribution is 2.19. The summed E-state index contributed by atoms with van der Waals surface area (Å²) < 4.78 is 0. The van der Waals surface area contributed by atoms with Gasteiger partial charge in [-0.3, -0.25) is 4.79 Å². The van der Waals surface area contributed by atoms with Crippen molar-refractivity contribution in [2.24, 2.45) is 0 Å². The number of hydrogen-bond donors (Lipinski definition) is 3. The summed E-state index contributed by atoms with van der Waals surface area (Å²) in [7, 11) is 0. The molecule has 2 atom stereocenters. The van der Waals surface area contributed by atoms with Crippen molar-refractivity contribution in [1.82, 2.24) is 5.32 Å². The van der Waals surface area contributed by atoms with Gasteiger partial charge in [-0.25, -0.2) is 0 Å². The molecule has 1 amide bonds. The van der Waals surface area contributed by atoms with Gasteiger partial charge in [-0.1, -0.05) is 353 Å². The highest BCUT2D eigenvalue weighted by molar-refractivity contribution is 5.76. The minimum Gasteiger partial charge on any atom is -0.394 e. The Balaban J connectivity index is 3.32. The fourth-order valence-corrected chi connectivity index (χ4v) is 10.2. The summed E-state index contributed by atoms with van der Waals surface area (Å²) in [6.07, 6.45) is 78.6. The van der Waals surface area contributed by atoms with E-state index in [1.165, 1.54) is 321 Å². The molecule has 4 nitrogen and oxygen atoms in total. The normalized spacial score (nSPS) is 12.7. The van der Waals surface area contributed by atoms with Gasteiger partial charge in [-0.15, -0.1) is 0 Å². The van der Waals surface area contributed by atoms with Crippen molar-refractivity contribution in [1.29, 1.82) is 0 Å². The molecule has 67 heavy (non-hydrogen) atoms. The first-order valence-electron chi connectivity index (χ1n) is 31.4. The standard InChI is InChI=1S/C63H125NO3/c1-3-5-7-9-11-13-15-17-19-20-21-22-23-24-25-26-27-28-29-30-31-32-33-34-35-36-37-38-39-40-41-42-43-44-45-47-49-51-53-55-57-59-63(67)64-61(60-65)62(66)58-56-54-52-50-48-46-18-16-14-12-10-8-6-4-2/h56,58,61-62,65-66H,3-55,57,59-60H2,1-2H3,(H,64,67)/b58-56+. The second-order valence-corrected chi connectivity index (χ2v) is 21.8. The first-order valence-corrected chi connectivity index (χ1v) is 31.4. The van der Waals surface area contributed by atoms with Gasteiger partial charge in [-0.05, 0) is 19.3 Å². The van der Waals surface area contributed by atoms with Crippen molar-refractivity contribution in [3.63, 3.8) is 0 Å². The van der Waals surface area contributed by atoms with Crippen LogP contribution in [0.3, 0.4) is 0 Å². The number of rotatable bonds is 59. The fourth-order valence-electron chi connectivity index (χ4n) is 10.2. The maximum Gasteiger partial charge on any atom is 0.220 e. The molecule has 0 aromatic heterocycles. The molecule has 0 aliphatic rings. The van der Waals surface area contributed by atoms with E-state index < -0.39 is 12.1 Å². The average Bonchev–Trinajstić information content (AvgIpc) is 3.33. The third-order valence-corrected chi connectivity index (χ3v) is 15.0. The fraction of sp³-hybridized carbons (Fsp3) is 0.952. The van der Waals surface area contributed by atoms with Gasteiger partial charge < -0.3 is 15.5 Å². The minimum atomic E-state index is -0.835. The molecule has 0 heterocycles. The van der Waals surface area contributed by atoms with E-state index in [1.54, 1.807) is 6.08 Å². The largest absolute Gasteiger partial charge is 0.394 e. The Morgan fingerprint density at radius 3 is 0.776 bits per heavy atom. The zero-order chi connectivity index (χ0) is 48.5. The van der Waals surface area contributed by atoms with Gasteiger partial charge >= 0.3 is 0 Å². The van der Waals surface area contributed by atoms with Crippen LogP contribution >= 0.6 is 0 Å². The first kappa shape index (κ1) is 66.1. The molecule has 4 heteroatoms. The van der Waals surface area contributed by atoms with Gasteiger partial charge in [-0.2, -0.15) is 0 Å². The average molecular weight is 945 g/mol. The summed E-state index contributed by atoms with van der Waals surface area (Å²) in [5.74, 6) is -0.0563. The van der Waals surface area contributed by atoms with Crippen LogP contribution in [0.1, 0.15) is 367 Å². The van der Waals surface area contributed by atoms with Gasteiger partial charge in [0, 0.05) is 6.42 Å². The number of aliphatic hydroxyl groups is 2. The van der Waals surface area contributed by atoms with E-state index in [2.05, 4.69) is 19.2 Å². The van der Waals surface area contributed by atoms with Crippen LogP contribution in [-0.4, -0.2) is 34.9 Å². The summed E-state index contributed by atoms with van der Waals surface area (Å²) in [6.45, 7) is 4.34. The summed E-state index contributed by atoms with van der Waals surface area (Å²) in [5, 5.41) is 23.1. The number of hydrogen-bond acceptors (Lipinski definition) is 3. The van der Waals surface area contributed by atoms with Crippen molar-refractivity contribution in [2.75, 3.05) is 6.61 Å². The molecule has 2 unspecified atom stereocenters. The highest BCUT2D eigenvalue weighted by Gasteiger charge is 2.18. The predicted molar refractivity (Wildman–Crippen MR) is 299 cm³/mol. The molecular weight excluding hydrogens is 819 g/mol. The molecule has 3 N–H and O–H groups in total. The third kappa shape index (κ3) is 55.9. The van der Waals surface area contributed by atoms with E-state index in [0.717, 1.165) is 25.7 Å². The van der Waals surface area contributed by atoms with Crippen LogP contribution in [0.2, 0.25) is 0 Å². The smallest absolute Gasteiger partial charge is 0.220 e. The van der Waals surface area contributed by atoms with Crippen LogP contribution in [0, 0.1) is 0 Å². The summed E-state index contributed by atoms with van der Waals surface area (Å²) in [4.78, 5) is 12.5. The van der Waals surface area contributed by atoms with Crippen LogP contribution in [0.15, 0.2) is 12.2 Å². The van der Waals surface area contributed by atoms with Gasteiger partial charge in [0.2, 0.25) is 5.91 Å². The Hall–Kier alpha value is -0.870. The lowest BCUT2D eigenvalue weighted by Crippen LogP contribution is -2.45. The van der Waals surface area contributed by atoms with Gasteiger partial charge in [0.25, 0.3) is 0 Å². The molecule has 400 valence electrons. The molecular formula is C63H125NO3. The van der Waals surface area contributed by atoms with Crippen molar-refractivity contribution >= 4 is 5.91 Å². The molecule has 0 aromatic rings. The zero-order valence-corrected chi connectivity index (χ0v) is 46.2. The number of carbonyl (C=O) groups is 1. The second kappa shape index (κ2) is 59.4. The summed E-state index contributed by atoms with van der Waals surface area (Å²) in [6, 6.07) is -0.617. The topological polar surface area (TPSA) is 69.6 Å². The Bertz CT molecular complexity index is 936. The van der Waals surface area contributed by atoms with Crippen LogP contribution < -0.4 is 5.32 Å². The molecule has 0 aliphatic carbocycles. The maximum atomic E-state index is 12.5. The van der Waals surface area contributed by atoms with Crippen LogP contribution in [0.25, 0.3) is 0 Å². The second-order valence-electron chi connectivity index (χ2n) is 21.8. The van der Waals surface area contributed by atoms with E-state index in [1.807, 2.05) is 6.08 Å². The lowest BCUT2D eigenvalue weighted by atomic mass is 10.0. The zero-order valence-electron chi connectivity index (χ0n) is 46.2. The van der Waals surface area contributed by atoms with Gasteiger partial charge in [0.1, 0.15) is 0 Å². The Kier molecular flexibility index (Phi) is 58.7. The molecule has 0 radical (unpaired) electrons. The summed E-state index contributed by atoms with van der Waals surface area (Å²) >= 11 is 0. The maximum absolute atomic E-state index is 12.5. The number of allylic oxidation sites excluding steroid dienone is 1. The molecule has 0 saturated heterocycles. The monoisotopic (exact) mass is 944 g/mol. The Morgan fingerprint density at radius 2 is 0.552 bits per heavy atom. The van der Waals surface area contributed by atoms with Crippen molar-refractivity contribution in [3.8, 4) is 0 Å². The quantitative estimate of drug-likeness (QED) is 0.0420. The number of amides is 1. The molecule has 0 bridgehead atoms. The first-order chi connectivity index (χ1) is 33.2. The van der Waals surface area contributed by atoms with Crippen LogP contribution in [0.4, 0.5) is 0 Å². The van der Waals surface area contributed by atoms with E-state index in [0.29, 0.717) is 6.42 Å². The predicted octanol–water partition coefficient (Wildman–Crippen LogP) is 20.9. The number of aliphatic hydroxyl groups excluding tert-OH is 2. The number of unbranched alkanes of at least 4 members (excludes halogenated alkanes) is 52. The van der Waals surface area contributed by atoms with Gasteiger partial charge in [0.15, 0.2) is 0 Å². The van der Waals surface area contributed by atoms with E-state index >= 15 is 0 Å². The molecule has 0 aromatic carbocycles. The lowest BCUT2D eigenvalue weighted by Gasteiger charge is -2.20. The molecule has 0 fully saturated rings. The highest BCUT2D eigenvalue weighted by atomic mass is 16.3. The van der Waals surface area contributed by atoms with Crippen LogP contribution in [-0.2, 0) is 4.79 Å². The lowest BCUT2D eigenvalue weighted by molar-refractivity contribution is -0.123. The molecule has 0 spiro atoms. The van der Waals surface area contributed by atoms with Gasteiger partial charge in [0.05, 0.1) is 18.8 Å². The third-order valence-electron chi connectivity index (χ3n) is 15.0.